The van der Waals surface area contributed by atoms with Crippen LogP contribution in [0.15, 0.2) is 36.7 Å². The number of benzene rings is 1. The normalized spacial score (nSPS) is 21.0. The minimum atomic E-state index is -0.170. The zero-order valence-corrected chi connectivity index (χ0v) is 12.1. The van der Waals surface area contributed by atoms with E-state index in [0.717, 1.165) is 25.1 Å². The van der Waals surface area contributed by atoms with Crippen LogP contribution >= 0.6 is 0 Å². The molecular weight excluding hydrogens is 269 g/mol. The fourth-order valence-corrected chi connectivity index (χ4v) is 2.72. The molecule has 21 heavy (non-hydrogen) atoms. The standard InChI is InChI=1S/C16H20FN3O/c1-21-7-6-20-11-16(10-18-20)19-15-8-13(9-15)12-2-4-14(17)5-3-12/h2-5,10-11,13,15,19H,6-9H2,1H3. The van der Waals surface area contributed by atoms with Gasteiger partial charge in [-0.1, -0.05) is 12.1 Å². The average molecular weight is 289 g/mol. The van der Waals surface area contributed by atoms with Crippen LogP contribution < -0.4 is 5.32 Å². The van der Waals surface area contributed by atoms with Gasteiger partial charge in [-0.3, -0.25) is 4.68 Å². The Kier molecular flexibility index (Phi) is 4.20. The minimum Gasteiger partial charge on any atom is -0.383 e. The van der Waals surface area contributed by atoms with E-state index in [9.17, 15) is 4.39 Å². The van der Waals surface area contributed by atoms with Gasteiger partial charge in [0.2, 0.25) is 0 Å². The Morgan fingerprint density at radius 1 is 1.33 bits per heavy atom. The van der Waals surface area contributed by atoms with Gasteiger partial charge in [-0.25, -0.2) is 4.39 Å². The number of nitrogens with zero attached hydrogens (tertiary/aromatic N) is 2. The van der Waals surface area contributed by atoms with Gasteiger partial charge in [-0.15, -0.1) is 0 Å². The van der Waals surface area contributed by atoms with Crippen LogP contribution in [0.4, 0.5) is 10.1 Å². The number of aromatic nitrogens is 2. The molecule has 0 amide bonds. The number of nitrogens with one attached hydrogen (secondary N) is 1. The zero-order valence-electron chi connectivity index (χ0n) is 12.1. The molecule has 1 aliphatic rings. The summed E-state index contributed by atoms with van der Waals surface area (Å²) in [5.41, 5.74) is 2.28. The molecular formula is C16H20FN3O. The van der Waals surface area contributed by atoms with Crippen molar-refractivity contribution >= 4 is 5.69 Å². The van der Waals surface area contributed by atoms with Crippen molar-refractivity contribution in [3.63, 3.8) is 0 Å². The Hall–Kier alpha value is -1.88. The topological polar surface area (TPSA) is 39.1 Å². The van der Waals surface area contributed by atoms with Gasteiger partial charge in [-0.2, -0.15) is 5.10 Å². The lowest BCUT2D eigenvalue weighted by molar-refractivity contribution is 0.183. The number of hydrogen-bond donors (Lipinski definition) is 1. The number of ether oxygens (including phenoxy) is 1. The highest BCUT2D eigenvalue weighted by Crippen LogP contribution is 2.38. The van der Waals surface area contributed by atoms with Crippen molar-refractivity contribution < 1.29 is 9.13 Å². The lowest BCUT2D eigenvalue weighted by Gasteiger charge is -2.36. The summed E-state index contributed by atoms with van der Waals surface area (Å²) in [7, 11) is 1.69. The first-order valence-electron chi connectivity index (χ1n) is 7.28. The number of anilines is 1. The van der Waals surface area contributed by atoms with Crippen LogP contribution in [0.3, 0.4) is 0 Å². The molecule has 3 rings (SSSR count). The fourth-order valence-electron chi connectivity index (χ4n) is 2.72. The Bertz CT molecular complexity index is 575. The third kappa shape index (κ3) is 3.42. The van der Waals surface area contributed by atoms with Gasteiger partial charge in [0, 0.05) is 19.3 Å². The number of hydrogen-bond acceptors (Lipinski definition) is 3. The molecule has 1 N–H and O–H groups in total. The van der Waals surface area contributed by atoms with Gasteiger partial charge in [0.15, 0.2) is 0 Å². The average Bonchev–Trinajstić information content (AvgIpc) is 2.89. The van der Waals surface area contributed by atoms with Crippen LogP contribution in [0.2, 0.25) is 0 Å². The maximum absolute atomic E-state index is 12.9. The maximum atomic E-state index is 12.9. The molecule has 1 aliphatic carbocycles. The molecule has 0 unspecified atom stereocenters. The molecule has 1 heterocycles. The van der Waals surface area contributed by atoms with Crippen molar-refractivity contribution in [3.8, 4) is 0 Å². The van der Waals surface area contributed by atoms with Gasteiger partial charge < -0.3 is 10.1 Å². The number of rotatable bonds is 6. The van der Waals surface area contributed by atoms with E-state index in [-0.39, 0.29) is 5.82 Å². The molecule has 1 aromatic carbocycles. The van der Waals surface area contributed by atoms with Crippen LogP contribution in [0.5, 0.6) is 0 Å². The summed E-state index contributed by atoms with van der Waals surface area (Å²) in [5.74, 6) is 0.364. The van der Waals surface area contributed by atoms with Crippen LogP contribution in [0.1, 0.15) is 24.3 Å². The predicted molar refractivity (Wildman–Crippen MR) is 79.9 cm³/mol. The van der Waals surface area contributed by atoms with Gasteiger partial charge >= 0.3 is 0 Å². The number of halogens is 1. The summed E-state index contributed by atoms with van der Waals surface area (Å²) in [6, 6.07) is 7.32. The molecule has 0 radical (unpaired) electrons. The van der Waals surface area contributed by atoms with E-state index in [1.807, 2.05) is 29.2 Å². The van der Waals surface area contributed by atoms with Crippen molar-refractivity contribution in [1.29, 1.82) is 0 Å². The van der Waals surface area contributed by atoms with E-state index in [2.05, 4.69) is 10.4 Å². The van der Waals surface area contributed by atoms with Gasteiger partial charge in [-0.05, 0) is 36.5 Å². The summed E-state index contributed by atoms with van der Waals surface area (Å²) >= 11 is 0. The number of methoxy groups -OCH3 is 1. The lowest BCUT2D eigenvalue weighted by atomic mass is 9.76. The zero-order chi connectivity index (χ0) is 14.7. The quantitative estimate of drug-likeness (QED) is 0.888. The monoisotopic (exact) mass is 289 g/mol. The van der Waals surface area contributed by atoms with E-state index in [4.69, 9.17) is 4.74 Å². The molecule has 0 aliphatic heterocycles. The van der Waals surface area contributed by atoms with Gasteiger partial charge in [0.1, 0.15) is 5.82 Å². The molecule has 4 nitrogen and oxygen atoms in total. The lowest BCUT2D eigenvalue weighted by Crippen LogP contribution is -2.33. The molecule has 0 spiro atoms. The predicted octanol–water partition coefficient (Wildman–Crippen LogP) is 3.03. The molecule has 1 aromatic heterocycles. The first-order valence-corrected chi connectivity index (χ1v) is 7.28. The molecule has 5 heteroatoms. The summed E-state index contributed by atoms with van der Waals surface area (Å²) in [6.45, 7) is 1.43. The summed E-state index contributed by atoms with van der Waals surface area (Å²) in [5, 5.41) is 7.77. The van der Waals surface area contributed by atoms with Crippen molar-refractivity contribution in [1.82, 2.24) is 9.78 Å². The second-order valence-electron chi connectivity index (χ2n) is 5.55. The second kappa shape index (κ2) is 6.26. The molecule has 0 atom stereocenters. The van der Waals surface area contributed by atoms with E-state index in [0.29, 0.717) is 18.6 Å². The van der Waals surface area contributed by atoms with Gasteiger partial charge in [0.25, 0.3) is 0 Å². The van der Waals surface area contributed by atoms with E-state index < -0.39 is 0 Å². The van der Waals surface area contributed by atoms with E-state index >= 15 is 0 Å². The fraction of sp³-hybridized carbons (Fsp3) is 0.438. The smallest absolute Gasteiger partial charge is 0.123 e. The first-order chi connectivity index (χ1) is 10.2. The largest absolute Gasteiger partial charge is 0.383 e. The van der Waals surface area contributed by atoms with Gasteiger partial charge in [0.05, 0.1) is 25.0 Å². The Morgan fingerprint density at radius 3 is 2.81 bits per heavy atom. The van der Waals surface area contributed by atoms with Crippen molar-refractivity contribution in [2.24, 2.45) is 0 Å². The first kappa shape index (κ1) is 14.1. The van der Waals surface area contributed by atoms with Crippen molar-refractivity contribution in [2.45, 2.75) is 31.3 Å². The molecule has 112 valence electrons. The van der Waals surface area contributed by atoms with Crippen LogP contribution in [-0.2, 0) is 11.3 Å². The Balaban J connectivity index is 1.48. The van der Waals surface area contributed by atoms with E-state index in [1.54, 1.807) is 7.11 Å². The second-order valence-corrected chi connectivity index (χ2v) is 5.55. The van der Waals surface area contributed by atoms with Crippen molar-refractivity contribution in [3.05, 3.63) is 48.0 Å². The van der Waals surface area contributed by atoms with Crippen LogP contribution in [0, 0.1) is 5.82 Å². The minimum absolute atomic E-state index is 0.170. The van der Waals surface area contributed by atoms with Crippen molar-refractivity contribution in [2.75, 3.05) is 19.0 Å². The third-order valence-electron chi connectivity index (χ3n) is 4.01. The summed E-state index contributed by atoms with van der Waals surface area (Å²) < 4.78 is 19.8. The van der Waals surface area contributed by atoms with Crippen LogP contribution in [0.25, 0.3) is 0 Å². The molecule has 2 aromatic rings. The highest BCUT2D eigenvalue weighted by atomic mass is 19.1. The molecule has 0 bridgehead atoms. The third-order valence-corrected chi connectivity index (χ3v) is 4.01. The highest BCUT2D eigenvalue weighted by molar-refractivity contribution is 5.41. The van der Waals surface area contributed by atoms with E-state index in [1.165, 1.54) is 17.7 Å². The Labute approximate surface area is 123 Å². The Morgan fingerprint density at radius 2 is 2.10 bits per heavy atom. The SMILES string of the molecule is COCCn1cc(NC2CC(c3ccc(F)cc3)C2)cn1. The van der Waals surface area contributed by atoms with Crippen LogP contribution in [-0.4, -0.2) is 29.5 Å². The molecule has 0 saturated heterocycles. The summed E-state index contributed by atoms with van der Waals surface area (Å²) in [6.07, 6.45) is 6.01. The molecule has 1 fully saturated rings. The molecule has 1 saturated carbocycles. The maximum Gasteiger partial charge on any atom is 0.123 e. The highest BCUT2D eigenvalue weighted by Gasteiger charge is 2.30. The summed E-state index contributed by atoms with van der Waals surface area (Å²) in [4.78, 5) is 0.